The summed E-state index contributed by atoms with van der Waals surface area (Å²) in [4.78, 5) is 26.6. The summed E-state index contributed by atoms with van der Waals surface area (Å²) in [5, 5.41) is 30.0. The number of hydrogen-bond donors (Lipinski definition) is 3. The van der Waals surface area contributed by atoms with E-state index in [4.69, 9.17) is 18.9 Å². The molecule has 0 atom stereocenters. The molecule has 43 heavy (non-hydrogen) atoms. The lowest BCUT2D eigenvalue weighted by Crippen LogP contribution is -2.11. The highest BCUT2D eigenvalue weighted by molar-refractivity contribution is 6.29. The Labute approximate surface area is 250 Å². The van der Waals surface area contributed by atoms with Crippen LogP contribution < -0.4 is 18.9 Å². The normalized spacial score (nSPS) is 11.2. The van der Waals surface area contributed by atoms with Crippen LogP contribution in [0.25, 0.3) is 18.2 Å². The van der Waals surface area contributed by atoms with Gasteiger partial charge in [0.25, 0.3) is 0 Å². The molecule has 0 saturated heterocycles. The van der Waals surface area contributed by atoms with Crippen molar-refractivity contribution < 1.29 is 43.9 Å². The highest BCUT2D eigenvalue weighted by atomic mass is 16.5. The van der Waals surface area contributed by atoms with E-state index in [1.807, 2.05) is 0 Å². The van der Waals surface area contributed by atoms with Crippen LogP contribution in [-0.4, -0.2) is 55.3 Å². The zero-order chi connectivity index (χ0) is 31.4. The van der Waals surface area contributed by atoms with E-state index in [0.29, 0.717) is 50.8 Å². The summed E-state index contributed by atoms with van der Waals surface area (Å²) < 4.78 is 21.1. The Morgan fingerprint density at radius 1 is 0.581 bits per heavy atom. The van der Waals surface area contributed by atoms with Crippen LogP contribution in [-0.2, 0) is 22.8 Å². The van der Waals surface area contributed by atoms with E-state index in [2.05, 4.69) is 0 Å². The fourth-order valence-electron chi connectivity index (χ4n) is 4.11. The van der Waals surface area contributed by atoms with E-state index in [0.717, 1.165) is 0 Å². The largest absolute Gasteiger partial charge is 0.507 e. The topological polar surface area (TPSA) is 132 Å². The number of aliphatic hydroxyl groups excluding tert-OH is 3. The molecule has 0 aromatic heterocycles. The highest BCUT2D eigenvalue weighted by Crippen LogP contribution is 2.29. The minimum Gasteiger partial charge on any atom is -0.507 e. The number of rotatable bonds is 14. The summed E-state index contributed by atoms with van der Waals surface area (Å²) in [5.41, 5.74) is 2.40. The molecule has 0 fully saturated rings. The maximum absolute atomic E-state index is 13.3. The van der Waals surface area contributed by atoms with Gasteiger partial charge < -0.3 is 34.3 Å². The molecule has 3 rings (SSSR count). The van der Waals surface area contributed by atoms with Crippen molar-refractivity contribution in [3.63, 3.8) is 0 Å². The molecule has 0 heterocycles. The fraction of sp³-hybridized carbons (Fsp3) is 0.176. The molecule has 224 valence electrons. The molecule has 0 amide bonds. The van der Waals surface area contributed by atoms with Crippen LogP contribution in [0.3, 0.4) is 0 Å². The van der Waals surface area contributed by atoms with Crippen molar-refractivity contribution >= 4 is 29.8 Å². The molecule has 0 unspecified atom stereocenters. The second kappa shape index (κ2) is 15.8. The molecule has 9 heteroatoms. The predicted octanol–water partition coefficient (Wildman–Crippen LogP) is 5.10. The molecular weight excluding hydrogens is 552 g/mol. The van der Waals surface area contributed by atoms with Gasteiger partial charge in [0.2, 0.25) is 0 Å². The van der Waals surface area contributed by atoms with Crippen LogP contribution in [0.2, 0.25) is 0 Å². The smallest absolute Gasteiger partial charge is 0.193 e. The zero-order valence-corrected chi connectivity index (χ0v) is 24.4. The molecular formula is C34H34O9. The van der Waals surface area contributed by atoms with Crippen molar-refractivity contribution in [3.8, 4) is 23.0 Å². The summed E-state index contributed by atoms with van der Waals surface area (Å²) in [6.07, 6.45) is 8.08. The highest BCUT2D eigenvalue weighted by Gasteiger charge is 2.19. The molecule has 0 aliphatic carbocycles. The lowest BCUT2D eigenvalue weighted by atomic mass is 10.0. The second-order valence-corrected chi connectivity index (χ2v) is 9.06. The van der Waals surface area contributed by atoms with E-state index >= 15 is 0 Å². The average molecular weight is 587 g/mol. The molecule has 0 bridgehead atoms. The first-order valence-electron chi connectivity index (χ1n) is 13.1. The van der Waals surface area contributed by atoms with E-state index in [-0.39, 0.29) is 13.2 Å². The van der Waals surface area contributed by atoms with E-state index in [1.165, 1.54) is 64.9 Å². The van der Waals surface area contributed by atoms with Crippen LogP contribution in [0.5, 0.6) is 23.0 Å². The Morgan fingerprint density at radius 3 is 1.44 bits per heavy atom. The summed E-state index contributed by atoms with van der Waals surface area (Å²) in [5.74, 6) is -0.0664. The molecule has 3 aromatic rings. The van der Waals surface area contributed by atoms with E-state index < -0.39 is 22.9 Å². The van der Waals surface area contributed by atoms with Crippen LogP contribution in [0.1, 0.15) is 27.8 Å². The summed E-state index contributed by atoms with van der Waals surface area (Å²) >= 11 is 0. The van der Waals surface area contributed by atoms with Crippen LogP contribution >= 0.6 is 0 Å². The molecule has 0 aliphatic rings. The van der Waals surface area contributed by atoms with Gasteiger partial charge in [0.15, 0.2) is 34.6 Å². The zero-order valence-electron chi connectivity index (χ0n) is 24.4. The number of allylic oxidation sites excluding steroid dienone is 4. The first-order valence-corrected chi connectivity index (χ1v) is 13.1. The third-order valence-electron chi connectivity index (χ3n) is 6.42. The van der Waals surface area contributed by atoms with Gasteiger partial charge >= 0.3 is 0 Å². The molecule has 0 spiro atoms. The van der Waals surface area contributed by atoms with Crippen molar-refractivity contribution in [2.45, 2.75) is 13.2 Å². The third kappa shape index (κ3) is 8.45. The van der Waals surface area contributed by atoms with Crippen LogP contribution in [0.4, 0.5) is 0 Å². The number of benzene rings is 3. The quantitative estimate of drug-likeness (QED) is 0.0776. The number of ether oxygens (including phenoxy) is 4. The van der Waals surface area contributed by atoms with Crippen molar-refractivity contribution in [1.82, 2.24) is 0 Å². The average Bonchev–Trinajstić information content (AvgIpc) is 3.04. The Kier molecular flexibility index (Phi) is 11.9. The maximum Gasteiger partial charge on any atom is 0.193 e. The van der Waals surface area contributed by atoms with Crippen molar-refractivity contribution in [2.75, 3.05) is 28.4 Å². The van der Waals surface area contributed by atoms with Crippen molar-refractivity contribution in [3.05, 3.63) is 112 Å². The number of ketones is 2. The molecule has 3 N–H and O–H groups in total. The Bertz CT molecular complexity index is 1500. The number of carbonyl (C=O) groups excluding carboxylic acids is 2. The van der Waals surface area contributed by atoms with Gasteiger partial charge in [0.05, 0.1) is 41.7 Å². The van der Waals surface area contributed by atoms with Crippen molar-refractivity contribution in [2.24, 2.45) is 0 Å². The van der Waals surface area contributed by atoms with Gasteiger partial charge in [-0.05, 0) is 76.4 Å². The first-order chi connectivity index (χ1) is 20.8. The Morgan fingerprint density at radius 2 is 1.00 bits per heavy atom. The standard InChI is InChI=1S/C34H34O9/c1-40-30-15-9-23(18-32(30)42-3)7-13-28(38)34(27(37)12-6-22-5-11-25(20-35)26(17-22)21-36)29(39)14-8-24-10-16-31(41-2)33(19-24)43-4/h5-19,35-37H,20-21H2,1-4H3/b12-6+,13-7+,14-8+. The van der Waals surface area contributed by atoms with E-state index in [1.54, 1.807) is 54.6 Å². The number of carbonyl (C=O) groups is 2. The first kappa shape index (κ1) is 32.4. The molecule has 0 aliphatic heterocycles. The van der Waals surface area contributed by atoms with Crippen molar-refractivity contribution in [1.29, 1.82) is 0 Å². The fourth-order valence-corrected chi connectivity index (χ4v) is 4.11. The Hall–Kier alpha value is -5.12. The predicted molar refractivity (Wildman–Crippen MR) is 164 cm³/mol. The van der Waals surface area contributed by atoms with E-state index in [9.17, 15) is 24.9 Å². The molecule has 3 aromatic carbocycles. The van der Waals surface area contributed by atoms with Gasteiger partial charge in [0, 0.05) is 0 Å². The number of methoxy groups -OCH3 is 4. The van der Waals surface area contributed by atoms with Crippen LogP contribution in [0.15, 0.2) is 84.2 Å². The minimum atomic E-state index is -0.731. The van der Waals surface area contributed by atoms with Gasteiger partial charge in [0.1, 0.15) is 11.3 Å². The van der Waals surface area contributed by atoms with Crippen LogP contribution in [0, 0.1) is 0 Å². The van der Waals surface area contributed by atoms with Gasteiger partial charge in [-0.1, -0.05) is 42.5 Å². The monoisotopic (exact) mass is 586 g/mol. The lowest BCUT2D eigenvalue weighted by molar-refractivity contribution is -0.117. The number of aliphatic hydroxyl groups is 3. The molecule has 9 nitrogen and oxygen atoms in total. The summed E-state index contributed by atoms with van der Waals surface area (Å²) in [6.45, 7) is -0.527. The third-order valence-corrected chi connectivity index (χ3v) is 6.42. The SMILES string of the molecule is COc1ccc(/C=C/C(=O)C(C(=O)/C=C/c2ccc(OC)c(OC)c2)=C(O)/C=C/c2ccc(CO)c(CO)c2)cc1OC. The summed E-state index contributed by atoms with van der Waals surface area (Å²) in [6, 6.07) is 15.1. The number of hydrogen-bond acceptors (Lipinski definition) is 9. The van der Waals surface area contributed by atoms with Gasteiger partial charge in [-0.3, -0.25) is 9.59 Å². The minimum absolute atomic E-state index is 0.239. The second-order valence-electron chi connectivity index (χ2n) is 9.06. The lowest BCUT2D eigenvalue weighted by Gasteiger charge is -2.08. The Balaban J connectivity index is 1.99. The maximum atomic E-state index is 13.3. The van der Waals surface area contributed by atoms with Gasteiger partial charge in [-0.15, -0.1) is 0 Å². The molecule has 0 saturated carbocycles. The molecule has 0 radical (unpaired) electrons. The van der Waals surface area contributed by atoms with Gasteiger partial charge in [-0.25, -0.2) is 0 Å². The summed E-state index contributed by atoms with van der Waals surface area (Å²) in [7, 11) is 6.01. The van der Waals surface area contributed by atoms with Gasteiger partial charge in [-0.2, -0.15) is 0 Å².